The van der Waals surface area contributed by atoms with Gasteiger partial charge in [-0.05, 0) is 35.2 Å². The largest absolute Gasteiger partial charge is 0.337 e. The molecule has 0 unspecified atom stereocenters. The highest BCUT2D eigenvalue weighted by atomic mass is 35.5. The first-order valence-electron chi connectivity index (χ1n) is 12.1. The van der Waals surface area contributed by atoms with E-state index in [2.05, 4.69) is 17.0 Å². The van der Waals surface area contributed by atoms with Crippen LogP contribution >= 0.6 is 11.6 Å². The summed E-state index contributed by atoms with van der Waals surface area (Å²) in [4.78, 5) is 17.7. The Bertz CT molecular complexity index is 1280. The molecule has 1 aliphatic rings. The van der Waals surface area contributed by atoms with Gasteiger partial charge in [0.2, 0.25) is 15.9 Å². The molecule has 0 radical (unpaired) electrons. The van der Waals surface area contributed by atoms with Crippen LogP contribution in [0.3, 0.4) is 0 Å². The summed E-state index contributed by atoms with van der Waals surface area (Å²) in [5, 5.41) is 0.568. The van der Waals surface area contributed by atoms with Crippen molar-refractivity contribution in [2.24, 2.45) is 0 Å². The number of nitrogens with zero attached hydrogens (tertiary/aromatic N) is 3. The zero-order valence-corrected chi connectivity index (χ0v) is 22.1. The number of sulfonamides is 1. The summed E-state index contributed by atoms with van der Waals surface area (Å²) < 4.78 is 27.0. The summed E-state index contributed by atoms with van der Waals surface area (Å²) >= 11 is 6.35. The molecule has 0 atom stereocenters. The number of hydrogen-bond donors (Lipinski definition) is 0. The SMILES string of the molecule is CS(=O)(=O)N1CCCN(Cc2ccccc2)CCN(C(=O)Cc2ccccc2Cl)Cc2ccccc21. The van der Waals surface area contributed by atoms with Gasteiger partial charge in [0, 0.05) is 44.3 Å². The third-order valence-corrected chi connectivity index (χ3v) is 7.99. The zero-order valence-electron chi connectivity index (χ0n) is 20.5. The van der Waals surface area contributed by atoms with Gasteiger partial charge in [0.15, 0.2) is 0 Å². The van der Waals surface area contributed by atoms with Crippen molar-refractivity contribution in [3.63, 3.8) is 0 Å². The Morgan fingerprint density at radius 1 is 0.861 bits per heavy atom. The predicted molar refractivity (Wildman–Crippen MR) is 146 cm³/mol. The number of benzene rings is 3. The molecule has 0 aliphatic carbocycles. The second kappa shape index (κ2) is 11.9. The normalized spacial score (nSPS) is 15.7. The van der Waals surface area contributed by atoms with E-state index >= 15 is 0 Å². The number of para-hydroxylation sites is 1. The molecule has 0 saturated heterocycles. The van der Waals surface area contributed by atoms with Crippen molar-refractivity contribution in [1.29, 1.82) is 0 Å². The third-order valence-electron chi connectivity index (χ3n) is 6.44. The molecule has 0 saturated carbocycles. The lowest BCUT2D eigenvalue weighted by Crippen LogP contribution is -2.39. The number of anilines is 1. The van der Waals surface area contributed by atoms with E-state index in [0.717, 1.165) is 24.2 Å². The maximum absolute atomic E-state index is 13.5. The molecule has 4 rings (SSSR count). The minimum Gasteiger partial charge on any atom is -0.337 e. The smallest absolute Gasteiger partial charge is 0.232 e. The van der Waals surface area contributed by atoms with Crippen LogP contribution in [0.15, 0.2) is 78.9 Å². The summed E-state index contributed by atoms with van der Waals surface area (Å²) in [5.74, 6) is -0.0392. The molecule has 1 aliphatic heterocycles. The molecule has 36 heavy (non-hydrogen) atoms. The van der Waals surface area contributed by atoms with Gasteiger partial charge in [-0.2, -0.15) is 0 Å². The van der Waals surface area contributed by atoms with Gasteiger partial charge in [-0.3, -0.25) is 14.0 Å². The lowest BCUT2D eigenvalue weighted by atomic mass is 10.1. The molecule has 0 N–H and O–H groups in total. The van der Waals surface area contributed by atoms with Crippen LogP contribution in [-0.4, -0.2) is 56.6 Å². The van der Waals surface area contributed by atoms with E-state index in [1.165, 1.54) is 16.1 Å². The van der Waals surface area contributed by atoms with Crippen LogP contribution in [0, 0.1) is 0 Å². The first kappa shape index (κ1) is 26.2. The minimum atomic E-state index is -3.49. The second-order valence-electron chi connectivity index (χ2n) is 9.16. The third kappa shape index (κ3) is 6.87. The average Bonchev–Trinajstić information content (AvgIpc) is 2.89. The highest BCUT2D eigenvalue weighted by Crippen LogP contribution is 2.26. The average molecular weight is 526 g/mol. The van der Waals surface area contributed by atoms with Gasteiger partial charge in [-0.1, -0.05) is 78.3 Å². The molecule has 0 spiro atoms. The van der Waals surface area contributed by atoms with Gasteiger partial charge in [-0.25, -0.2) is 8.42 Å². The van der Waals surface area contributed by atoms with Gasteiger partial charge < -0.3 is 4.90 Å². The van der Waals surface area contributed by atoms with Crippen molar-refractivity contribution in [1.82, 2.24) is 9.80 Å². The second-order valence-corrected chi connectivity index (χ2v) is 11.5. The molecular formula is C28H32ClN3O3S. The van der Waals surface area contributed by atoms with E-state index in [9.17, 15) is 13.2 Å². The summed E-state index contributed by atoms with van der Waals surface area (Å²) in [6, 6.07) is 25.0. The highest BCUT2D eigenvalue weighted by Gasteiger charge is 2.25. The van der Waals surface area contributed by atoms with Crippen LogP contribution in [-0.2, 0) is 34.3 Å². The number of amides is 1. The molecule has 6 nitrogen and oxygen atoms in total. The van der Waals surface area contributed by atoms with Crippen LogP contribution in [0.5, 0.6) is 0 Å². The van der Waals surface area contributed by atoms with E-state index < -0.39 is 10.0 Å². The van der Waals surface area contributed by atoms with Gasteiger partial charge in [-0.15, -0.1) is 0 Å². The van der Waals surface area contributed by atoms with Crippen molar-refractivity contribution < 1.29 is 13.2 Å². The predicted octanol–water partition coefficient (Wildman–Crippen LogP) is 4.58. The standard InChI is InChI=1S/C28H32ClN3O3S/c1-36(34,35)32-17-9-16-30(21-23-10-3-2-4-11-23)18-19-31(22-25-13-6-8-15-27(25)32)28(33)20-24-12-5-7-14-26(24)29/h2-8,10-15H,9,16-22H2,1H3. The topological polar surface area (TPSA) is 60.9 Å². The molecule has 0 aromatic heterocycles. The quantitative estimate of drug-likeness (QED) is 0.489. The molecular weight excluding hydrogens is 494 g/mol. The fourth-order valence-corrected chi connectivity index (χ4v) is 5.78. The molecule has 0 bridgehead atoms. The minimum absolute atomic E-state index is 0.0392. The molecule has 1 heterocycles. The van der Waals surface area contributed by atoms with Gasteiger partial charge >= 0.3 is 0 Å². The Hall–Kier alpha value is -2.87. The summed E-state index contributed by atoms with van der Waals surface area (Å²) in [5.41, 5.74) is 3.41. The number of carbonyl (C=O) groups excluding carboxylic acids is 1. The van der Waals surface area contributed by atoms with E-state index in [0.29, 0.717) is 43.3 Å². The fraction of sp³-hybridized carbons (Fsp3) is 0.321. The molecule has 8 heteroatoms. The Labute approximate surface area is 219 Å². The van der Waals surface area contributed by atoms with Crippen LogP contribution in [0.2, 0.25) is 5.02 Å². The number of fused-ring (bicyclic) bond motifs is 1. The number of carbonyl (C=O) groups is 1. The van der Waals surface area contributed by atoms with Crippen LogP contribution < -0.4 is 4.31 Å². The van der Waals surface area contributed by atoms with Crippen molar-refractivity contribution >= 4 is 33.2 Å². The monoisotopic (exact) mass is 525 g/mol. The number of rotatable bonds is 5. The van der Waals surface area contributed by atoms with Crippen molar-refractivity contribution in [2.75, 3.05) is 36.7 Å². The Balaban J connectivity index is 1.65. The van der Waals surface area contributed by atoms with Crippen LogP contribution in [0.25, 0.3) is 0 Å². The van der Waals surface area contributed by atoms with Crippen molar-refractivity contribution in [2.45, 2.75) is 25.9 Å². The van der Waals surface area contributed by atoms with Gasteiger partial charge in [0.25, 0.3) is 0 Å². The first-order chi connectivity index (χ1) is 17.3. The maximum atomic E-state index is 13.5. The van der Waals surface area contributed by atoms with Crippen molar-refractivity contribution in [3.8, 4) is 0 Å². The highest BCUT2D eigenvalue weighted by molar-refractivity contribution is 7.92. The molecule has 1 amide bonds. The van der Waals surface area contributed by atoms with Crippen LogP contribution in [0.1, 0.15) is 23.1 Å². The Morgan fingerprint density at radius 2 is 1.56 bits per heavy atom. The molecule has 190 valence electrons. The van der Waals surface area contributed by atoms with Crippen LogP contribution in [0.4, 0.5) is 5.69 Å². The van der Waals surface area contributed by atoms with E-state index in [1.807, 2.05) is 65.6 Å². The Morgan fingerprint density at radius 3 is 2.31 bits per heavy atom. The zero-order chi connectivity index (χ0) is 25.5. The summed E-state index contributed by atoms with van der Waals surface area (Å²) in [6.07, 6.45) is 2.11. The summed E-state index contributed by atoms with van der Waals surface area (Å²) in [7, 11) is -3.49. The number of halogens is 1. The number of hydrogen-bond acceptors (Lipinski definition) is 4. The summed E-state index contributed by atoms with van der Waals surface area (Å²) in [6.45, 7) is 3.38. The molecule has 0 fully saturated rings. The molecule has 3 aromatic rings. The Kier molecular flexibility index (Phi) is 8.67. The first-order valence-corrected chi connectivity index (χ1v) is 14.4. The maximum Gasteiger partial charge on any atom is 0.232 e. The lowest BCUT2D eigenvalue weighted by Gasteiger charge is -2.28. The van der Waals surface area contributed by atoms with E-state index in [-0.39, 0.29) is 12.3 Å². The lowest BCUT2D eigenvalue weighted by molar-refractivity contribution is -0.131. The fourth-order valence-electron chi connectivity index (χ4n) is 4.58. The van der Waals surface area contributed by atoms with Gasteiger partial charge in [0.05, 0.1) is 18.4 Å². The van der Waals surface area contributed by atoms with E-state index in [4.69, 9.17) is 11.6 Å². The van der Waals surface area contributed by atoms with Crippen molar-refractivity contribution in [3.05, 3.63) is 101 Å². The van der Waals surface area contributed by atoms with Gasteiger partial charge in [0.1, 0.15) is 0 Å². The van der Waals surface area contributed by atoms with E-state index in [1.54, 1.807) is 6.07 Å². The molecule has 3 aromatic carbocycles.